The van der Waals surface area contributed by atoms with Gasteiger partial charge in [-0.2, -0.15) is 0 Å². The monoisotopic (exact) mass is 506 g/mol. The van der Waals surface area contributed by atoms with Crippen LogP contribution in [0.2, 0.25) is 10.0 Å². The molecule has 172 valence electrons. The number of anilines is 2. The number of nitrogens with one attached hydrogen (secondary N) is 1. The van der Waals surface area contributed by atoms with Crippen molar-refractivity contribution in [3.05, 3.63) is 93.5 Å². The number of nitrogens with zero attached hydrogens (tertiary/aromatic N) is 1. The number of carbonyl (C=O) groups is 2. The molecule has 33 heavy (non-hydrogen) atoms. The lowest BCUT2D eigenvalue weighted by Gasteiger charge is -2.22. The maximum Gasteiger partial charge on any atom is 0.337 e. The molecule has 1 amide bonds. The van der Waals surface area contributed by atoms with Gasteiger partial charge in [0.25, 0.3) is 5.91 Å². The maximum absolute atomic E-state index is 12.7. The summed E-state index contributed by atoms with van der Waals surface area (Å²) in [5.41, 5.74) is 1.94. The number of ether oxygens (including phenoxy) is 1. The van der Waals surface area contributed by atoms with Gasteiger partial charge in [-0.3, -0.25) is 9.10 Å². The lowest BCUT2D eigenvalue weighted by atomic mass is 10.1. The highest BCUT2D eigenvalue weighted by Crippen LogP contribution is 2.26. The van der Waals surface area contributed by atoms with Crippen molar-refractivity contribution in [2.75, 3.05) is 23.0 Å². The molecule has 0 bridgehead atoms. The van der Waals surface area contributed by atoms with Gasteiger partial charge >= 0.3 is 5.97 Å². The van der Waals surface area contributed by atoms with E-state index in [1.807, 2.05) is 0 Å². The van der Waals surface area contributed by atoms with E-state index in [2.05, 4.69) is 10.1 Å². The van der Waals surface area contributed by atoms with Crippen LogP contribution in [0.1, 0.15) is 26.3 Å². The van der Waals surface area contributed by atoms with E-state index in [1.54, 1.807) is 48.5 Å². The summed E-state index contributed by atoms with van der Waals surface area (Å²) in [5, 5.41) is 3.34. The molecule has 0 fully saturated rings. The normalized spacial score (nSPS) is 11.0. The van der Waals surface area contributed by atoms with Crippen LogP contribution in [0.3, 0.4) is 0 Å². The van der Waals surface area contributed by atoms with Crippen LogP contribution in [0.25, 0.3) is 0 Å². The molecule has 0 unspecified atom stereocenters. The Morgan fingerprint density at radius 1 is 0.970 bits per heavy atom. The van der Waals surface area contributed by atoms with E-state index in [4.69, 9.17) is 23.2 Å². The Morgan fingerprint density at radius 3 is 2.24 bits per heavy atom. The van der Waals surface area contributed by atoms with E-state index in [9.17, 15) is 18.0 Å². The number of halogens is 2. The first-order valence-corrected chi connectivity index (χ1v) is 12.2. The van der Waals surface area contributed by atoms with Crippen LogP contribution in [0.5, 0.6) is 0 Å². The van der Waals surface area contributed by atoms with Crippen molar-refractivity contribution in [2.24, 2.45) is 0 Å². The van der Waals surface area contributed by atoms with Gasteiger partial charge in [0.05, 0.1) is 41.9 Å². The Bertz CT molecular complexity index is 1290. The topological polar surface area (TPSA) is 92.8 Å². The Labute approximate surface area is 201 Å². The molecular formula is C23H20Cl2N2O5S. The average Bonchev–Trinajstić information content (AvgIpc) is 2.78. The first kappa shape index (κ1) is 24.6. The molecule has 0 radical (unpaired) electrons. The summed E-state index contributed by atoms with van der Waals surface area (Å²) in [4.78, 5) is 24.4. The molecule has 0 aromatic heterocycles. The van der Waals surface area contributed by atoms with Crippen LogP contribution in [-0.4, -0.2) is 33.7 Å². The van der Waals surface area contributed by atoms with Crippen molar-refractivity contribution in [3.63, 3.8) is 0 Å². The predicted octanol–water partition coefficient (Wildman–Crippen LogP) is 5.00. The van der Waals surface area contributed by atoms with Crippen molar-refractivity contribution >= 4 is 56.5 Å². The average molecular weight is 507 g/mol. The summed E-state index contributed by atoms with van der Waals surface area (Å²) in [6.07, 6.45) is 1.11. The zero-order chi connectivity index (χ0) is 24.2. The van der Waals surface area contributed by atoms with E-state index >= 15 is 0 Å². The van der Waals surface area contributed by atoms with Gasteiger partial charge in [0, 0.05) is 10.6 Å². The molecule has 0 aliphatic carbocycles. The minimum atomic E-state index is -3.58. The van der Waals surface area contributed by atoms with Gasteiger partial charge in [0.2, 0.25) is 10.0 Å². The summed E-state index contributed by atoms with van der Waals surface area (Å²) < 4.78 is 30.6. The van der Waals surface area contributed by atoms with Crippen molar-refractivity contribution in [2.45, 2.75) is 6.54 Å². The Kier molecular flexibility index (Phi) is 7.63. The van der Waals surface area contributed by atoms with Gasteiger partial charge < -0.3 is 10.1 Å². The van der Waals surface area contributed by atoms with Crippen molar-refractivity contribution in [3.8, 4) is 0 Å². The van der Waals surface area contributed by atoms with E-state index in [0.717, 1.165) is 6.26 Å². The second-order valence-electron chi connectivity index (χ2n) is 7.09. The molecule has 1 N–H and O–H groups in total. The quantitative estimate of drug-likeness (QED) is 0.455. The summed E-state index contributed by atoms with van der Waals surface area (Å²) in [7, 11) is -2.32. The lowest BCUT2D eigenvalue weighted by Crippen LogP contribution is -2.29. The van der Waals surface area contributed by atoms with Crippen molar-refractivity contribution in [1.82, 2.24) is 0 Å². The largest absolute Gasteiger partial charge is 0.465 e. The van der Waals surface area contributed by atoms with Gasteiger partial charge in [-0.05, 0) is 54.1 Å². The molecule has 0 saturated carbocycles. The van der Waals surface area contributed by atoms with Crippen molar-refractivity contribution < 1.29 is 22.7 Å². The van der Waals surface area contributed by atoms with Gasteiger partial charge in [-0.15, -0.1) is 0 Å². The Balaban J connectivity index is 1.78. The molecule has 7 nitrogen and oxygen atoms in total. The first-order valence-electron chi connectivity index (χ1n) is 9.60. The number of sulfonamides is 1. The molecular weight excluding hydrogens is 487 g/mol. The Morgan fingerprint density at radius 2 is 1.64 bits per heavy atom. The smallest absolute Gasteiger partial charge is 0.337 e. The highest BCUT2D eigenvalue weighted by molar-refractivity contribution is 7.92. The number of methoxy groups -OCH3 is 1. The molecule has 0 aliphatic heterocycles. The van der Waals surface area contributed by atoms with Crippen LogP contribution >= 0.6 is 23.2 Å². The number of hydrogen-bond donors (Lipinski definition) is 1. The predicted molar refractivity (Wildman–Crippen MR) is 130 cm³/mol. The minimum absolute atomic E-state index is 0.0636. The SMILES string of the molecule is COC(=O)c1ccc(Cl)c(NC(=O)c2ccc(CN(c3cccc(Cl)c3)S(C)(=O)=O)cc2)c1. The minimum Gasteiger partial charge on any atom is -0.465 e. The molecule has 3 rings (SSSR count). The van der Waals surface area contributed by atoms with Crippen LogP contribution in [-0.2, 0) is 21.3 Å². The summed E-state index contributed by atoms with van der Waals surface area (Å²) in [6.45, 7) is 0.0636. The number of benzene rings is 3. The first-order chi connectivity index (χ1) is 15.6. The second kappa shape index (κ2) is 10.2. The molecule has 10 heteroatoms. The van der Waals surface area contributed by atoms with E-state index in [0.29, 0.717) is 21.8 Å². The zero-order valence-corrected chi connectivity index (χ0v) is 20.0. The van der Waals surface area contributed by atoms with E-state index in [-0.39, 0.29) is 22.8 Å². The highest BCUT2D eigenvalue weighted by atomic mass is 35.5. The van der Waals surface area contributed by atoms with Crippen LogP contribution in [0.4, 0.5) is 11.4 Å². The summed E-state index contributed by atoms with van der Waals surface area (Å²) in [5.74, 6) is -0.998. The number of esters is 1. The van der Waals surface area contributed by atoms with Gasteiger partial charge in [0.1, 0.15) is 0 Å². The fourth-order valence-corrected chi connectivity index (χ4v) is 4.25. The zero-order valence-electron chi connectivity index (χ0n) is 17.7. The number of rotatable bonds is 7. The lowest BCUT2D eigenvalue weighted by molar-refractivity contribution is 0.0600. The van der Waals surface area contributed by atoms with Crippen molar-refractivity contribution in [1.29, 1.82) is 0 Å². The third-order valence-corrected chi connectivity index (χ3v) is 6.38. The molecule has 3 aromatic carbocycles. The summed E-state index contributed by atoms with van der Waals surface area (Å²) in [6, 6.07) is 17.4. The molecule has 3 aromatic rings. The van der Waals surface area contributed by atoms with Crippen LogP contribution in [0, 0.1) is 0 Å². The third kappa shape index (κ3) is 6.25. The standard InChI is InChI=1S/C23H20Cl2N2O5S/c1-32-23(29)17-10-11-20(25)21(12-17)26-22(28)16-8-6-15(7-9-16)14-27(33(2,30)31)19-5-3-4-18(24)13-19/h3-13H,14H2,1-2H3,(H,26,28). The van der Waals surface area contributed by atoms with Crippen LogP contribution < -0.4 is 9.62 Å². The highest BCUT2D eigenvalue weighted by Gasteiger charge is 2.19. The molecule has 0 saturated heterocycles. The molecule has 0 spiro atoms. The molecule has 0 heterocycles. The third-order valence-electron chi connectivity index (χ3n) is 4.67. The fourth-order valence-electron chi connectivity index (χ4n) is 3.02. The van der Waals surface area contributed by atoms with E-state index in [1.165, 1.54) is 29.6 Å². The number of hydrogen-bond acceptors (Lipinski definition) is 5. The number of amides is 1. The molecule has 0 aliphatic rings. The molecule has 0 atom stereocenters. The number of carbonyl (C=O) groups excluding carboxylic acids is 2. The van der Waals surface area contributed by atoms with Gasteiger partial charge in [-0.25, -0.2) is 13.2 Å². The maximum atomic E-state index is 12.7. The van der Waals surface area contributed by atoms with Crippen LogP contribution in [0.15, 0.2) is 66.7 Å². The fraction of sp³-hybridized carbons (Fsp3) is 0.130. The Hall–Kier alpha value is -3.07. The summed E-state index contributed by atoms with van der Waals surface area (Å²) >= 11 is 12.1. The van der Waals surface area contributed by atoms with E-state index < -0.39 is 21.9 Å². The second-order valence-corrected chi connectivity index (χ2v) is 9.84. The van der Waals surface area contributed by atoms with Gasteiger partial charge in [0.15, 0.2) is 0 Å². The van der Waals surface area contributed by atoms with Gasteiger partial charge in [-0.1, -0.05) is 41.4 Å².